The highest BCUT2D eigenvalue weighted by atomic mass is 35.5. The first-order valence-corrected chi connectivity index (χ1v) is 12.5. The molecule has 1 amide bonds. The highest BCUT2D eigenvalue weighted by molar-refractivity contribution is 6.33. The van der Waals surface area contributed by atoms with Gasteiger partial charge >= 0.3 is 0 Å². The van der Waals surface area contributed by atoms with Crippen molar-refractivity contribution in [1.82, 2.24) is 24.7 Å². The molecule has 0 spiro atoms. The number of nitrogens with zero attached hydrogens (tertiary/aromatic N) is 6. The Hall–Kier alpha value is -3.98. The lowest BCUT2D eigenvalue weighted by molar-refractivity contribution is -0.119. The summed E-state index contributed by atoms with van der Waals surface area (Å²) in [6.45, 7) is 0.875. The van der Waals surface area contributed by atoms with E-state index >= 15 is 0 Å². The molecule has 6 rings (SSSR count). The van der Waals surface area contributed by atoms with Crippen LogP contribution in [0.15, 0.2) is 48.9 Å². The molecule has 1 aromatic carbocycles. The van der Waals surface area contributed by atoms with E-state index in [1.54, 1.807) is 25.3 Å². The number of fused-ring (bicyclic) bond motifs is 1. The zero-order valence-electron chi connectivity index (χ0n) is 20.5. The van der Waals surface area contributed by atoms with Gasteiger partial charge < -0.3 is 9.47 Å². The molecule has 188 valence electrons. The third kappa shape index (κ3) is 4.29. The van der Waals surface area contributed by atoms with Crippen LogP contribution in [-0.2, 0) is 17.9 Å². The minimum absolute atomic E-state index is 0.0317. The van der Waals surface area contributed by atoms with Crippen LogP contribution in [0.1, 0.15) is 36.4 Å². The SMILES string of the molecule is COc1cccnc1-c1ccc(CN2C(=O)CCn3nc(-c4c(OC)ncnc4C4CC4)cc32)cc1Cl. The number of anilines is 1. The van der Waals surface area contributed by atoms with E-state index in [9.17, 15) is 4.79 Å². The van der Waals surface area contributed by atoms with Crippen molar-refractivity contribution in [1.29, 1.82) is 0 Å². The van der Waals surface area contributed by atoms with Gasteiger partial charge in [0.05, 0.1) is 43.6 Å². The van der Waals surface area contributed by atoms with E-state index in [4.69, 9.17) is 26.2 Å². The van der Waals surface area contributed by atoms with E-state index in [0.717, 1.165) is 41.0 Å². The fraction of sp³-hybridized carbons (Fsp3) is 0.296. The van der Waals surface area contributed by atoms with E-state index in [1.165, 1.54) is 6.33 Å². The van der Waals surface area contributed by atoms with Crippen LogP contribution in [0.2, 0.25) is 5.02 Å². The Morgan fingerprint density at radius 2 is 1.95 bits per heavy atom. The smallest absolute Gasteiger partial charge is 0.230 e. The van der Waals surface area contributed by atoms with Crippen LogP contribution in [-0.4, -0.2) is 44.9 Å². The van der Waals surface area contributed by atoms with Crippen LogP contribution in [0.5, 0.6) is 11.6 Å². The van der Waals surface area contributed by atoms with Gasteiger partial charge in [-0.15, -0.1) is 0 Å². The number of amides is 1. The molecule has 10 heteroatoms. The number of methoxy groups -OCH3 is 2. The number of aromatic nitrogens is 5. The summed E-state index contributed by atoms with van der Waals surface area (Å²) >= 11 is 6.67. The average molecular weight is 517 g/mol. The van der Waals surface area contributed by atoms with Crippen molar-refractivity contribution in [3.63, 3.8) is 0 Å². The first kappa shape index (κ1) is 23.4. The Morgan fingerprint density at radius 3 is 2.70 bits per heavy atom. The number of aryl methyl sites for hydroxylation is 1. The maximum absolute atomic E-state index is 13.0. The van der Waals surface area contributed by atoms with Gasteiger partial charge in [-0.05, 0) is 36.6 Å². The minimum atomic E-state index is 0.0317. The summed E-state index contributed by atoms with van der Waals surface area (Å²) in [5.74, 6) is 2.29. The molecule has 0 unspecified atom stereocenters. The predicted octanol–water partition coefficient (Wildman–Crippen LogP) is 4.89. The van der Waals surface area contributed by atoms with Crippen LogP contribution in [0.3, 0.4) is 0 Å². The molecule has 9 nitrogen and oxygen atoms in total. The maximum atomic E-state index is 13.0. The monoisotopic (exact) mass is 516 g/mol. The van der Waals surface area contributed by atoms with Crippen molar-refractivity contribution in [3.8, 4) is 34.1 Å². The lowest BCUT2D eigenvalue weighted by Gasteiger charge is -2.27. The largest absolute Gasteiger partial charge is 0.494 e. The fourth-order valence-corrected chi connectivity index (χ4v) is 5.07. The fourth-order valence-electron chi connectivity index (χ4n) is 4.78. The molecule has 37 heavy (non-hydrogen) atoms. The Kier molecular flexibility index (Phi) is 6.00. The highest BCUT2D eigenvalue weighted by Gasteiger charge is 2.33. The van der Waals surface area contributed by atoms with Gasteiger partial charge in [0.15, 0.2) is 0 Å². The summed E-state index contributed by atoms with van der Waals surface area (Å²) in [5.41, 5.74) is 4.80. The third-order valence-corrected chi connectivity index (χ3v) is 7.06. The first-order valence-electron chi connectivity index (χ1n) is 12.1. The molecule has 1 saturated carbocycles. The van der Waals surface area contributed by atoms with Crippen LogP contribution in [0.4, 0.5) is 5.82 Å². The molecule has 1 fully saturated rings. The van der Waals surface area contributed by atoms with Crippen molar-refractivity contribution >= 4 is 23.3 Å². The number of benzene rings is 1. The summed E-state index contributed by atoms with van der Waals surface area (Å²) in [5, 5.41) is 5.37. The summed E-state index contributed by atoms with van der Waals surface area (Å²) in [7, 11) is 3.20. The molecular weight excluding hydrogens is 492 g/mol. The zero-order chi connectivity index (χ0) is 25.5. The van der Waals surface area contributed by atoms with Crippen molar-refractivity contribution in [3.05, 3.63) is 65.2 Å². The zero-order valence-corrected chi connectivity index (χ0v) is 21.3. The molecule has 4 heterocycles. The van der Waals surface area contributed by atoms with Gasteiger partial charge in [0, 0.05) is 30.2 Å². The predicted molar refractivity (Wildman–Crippen MR) is 139 cm³/mol. The molecule has 0 bridgehead atoms. The molecule has 3 aromatic heterocycles. The van der Waals surface area contributed by atoms with Crippen LogP contribution in [0, 0.1) is 0 Å². The minimum Gasteiger partial charge on any atom is -0.494 e. The topological polar surface area (TPSA) is 95.3 Å². The van der Waals surface area contributed by atoms with Crippen LogP contribution in [0.25, 0.3) is 22.5 Å². The normalized spacial score (nSPS) is 15.0. The second-order valence-corrected chi connectivity index (χ2v) is 9.53. The van der Waals surface area contributed by atoms with E-state index in [2.05, 4.69) is 15.0 Å². The van der Waals surface area contributed by atoms with Gasteiger partial charge in [0.25, 0.3) is 0 Å². The highest BCUT2D eigenvalue weighted by Crippen LogP contribution is 2.46. The van der Waals surface area contributed by atoms with Crippen molar-refractivity contribution in [2.45, 2.75) is 38.3 Å². The van der Waals surface area contributed by atoms with E-state index in [1.807, 2.05) is 41.1 Å². The average Bonchev–Trinajstić information content (AvgIpc) is 3.68. The second-order valence-electron chi connectivity index (χ2n) is 9.13. The molecule has 0 saturated heterocycles. The van der Waals surface area contributed by atoms with Gasteiger partial charge in [-0.2, -0.15) is 5.10 Å². The molecule has 0 N–H and O–H groups in total. The molecule has 0 atom stereocenters. The van der Waals surface area contributed by atoms with Crippen molar-refractivity contribution in [2.75, 3.05) is 19.1 Å². The van der Waals surface area contributed by atoms with Gasteiger partial charge in [0.1, 0.15) is 29.3 Å². The molecule has 0 radical (unpaired) electrons. The number of carbonyl (C=O) groups excluding carboxylic acids is 1. The summed E-state index contributed by atoms with van der Waals surface area (Å²) in [6.07, 6.45) is 5.78. The van der Waals surface area contributed by atoms with Crippen LogP contribution >= 0.6 is 11.6 Å². The lowest BCUT2D eigenvalue weighted by atomic mass is 10.1. The standard InChI is InChI=1S/C27H25ClN6O3/c1-36-21-4-3-10-29-26(21)18-8-5-16(12-19(18)28)14-33-22-13-20(32-34(22)11-9-23(33)35)24-25(17-6-7-17)30-15-31-27(24)37-2/h3-5,8,10,12-13,15,17H,6-7,9,11,14H2,1-2H3. The third-order valence-electron chi connectivity index (χ3n) is 6.75. The van der Waals surface area contributed by atoms with Gasteiger partial charge in [-0.3, -0.25) is 14.7 Å². The number of halogens is 1. The molecular formula is C27H25ClN6O3. The van der Waals surface area contributed by atoms with E-state index < -0.39 is 0 Å². The molecule has 4 aromatic rings. The Balaban J connectivity index is 1.34. The van der Waals surface area contributed by atoms with Crippen LogP contribution < -0.4 is 14.4 Å². The number of pyridine rings is 1. The Bertz CT molecular complexity index is 1500. The van der Waals surface area contributed by atoms with Crippen molar-refractivity contribution in [2.24, 2.45) is 0 Å². The van der Waals surface area contributed by atoms with Crippen molar-refractivity contribution < 1.29 is 14.3 Å². The van der Waals surface area contributed by atoms with Gasteiger partial charge in [-0.25, -0.2) is 14.6 Å². The number of ether oxygens (including phenoxy) is 2. The molecule has 1 aliphatic carbocycles. The number of hydrogen-bond acceptors (Lipinski definition) is 7. The van der Waals surface area contributed by atoms with Gasteiger partial charge in [-0.1, -0.05) is 23.7 Å². The summed E-state index contributed by atoms with van der Waals surface area (Å²) in [6, 6.07) is 11.3. The lowest BCUT2D eigenvalue weighted by Crippen LogP contribution is -2.36. The molecule has 2 aliphatic rings. The van der Waals surface area contributed by atoms with Gasteiger partial charge in [0.2, 0.25) is 11.8 Å². The number of hydrogen-bond donors (Lipinski definition) is 0. The quantitative estimate of drug-likeness (QED) is 0.345. The maximum Gasteiger partial charge on any atom is 0.230 e. The second kappa shape index (κ2) is 9.48. The number of rotatable bonds is 7. The molecule has 1 aliphatic heterocycles. The van der Waals surface area contributed by atoms with E-state index in [0.29, 0.717) is 53.5 Å². The summed E-state index contributed by atoms with van der Waals surface area (Å²) < 4.78 is 12.9. The summed E-state index contributed by atoms with van der Waals surface area (Å²) in [4.78, 5) is 28.1. The first-order chi connectivity index (χ1) is 18.1. The Morgan fingerprint density at radius 1 is 1.08 bits per heavy atom. The van der Waals surface area contributed by atoms with E-state index in [-0.39, 0.29) is 5.91 Å². The number of carbonyl (C=O) groups is 1. The Labute approximate surface area is 219 Å².